The Morgan fingerprint density at radius 2 is 1.78 bits per heavy atom. The summed E-state index contributed by atoms with van der Waals surface area (Å²) < 4.78 is 1.02. The number of rotatable bonds is 4. The minimum absolute atomic E-state index is 0.525. The fourth-order valence-corrected chi connectivity index (χ4v) is 2.45. The lowest BCUT2D eigenvalue weighted by Gasteiger charge is -2.11. The predicted octanol–water partition coefficient (Wildman–Crippen LogP) is 5.69. The van der Waals surface area contributed by atoms with Gasteiger partial charge in [-0.2, -0.15) is 4.98 Å². The van der Waals surface area contributed by atoms with E-state index in [9.17, 15) is 0 Å². The summed E-state index contributed by atoms with van der Waals surface area (Å²) >= 11 is 9.46. The molecule has 0 radical (unpaired) electrons. The van der Waals surface area contributed by atoms with Gasteiger partial charge in [0, 0.05) is 27.1 Å². The van der Waals surface area contributed by atoms with Gasteiger partial charge in [0.25, 0.3) is 0 Å². The standard InChI is InChI=1S/C17H14BrClN4/c1-11-2-5-13(19)10-15(11)22-16-8-9-20-17(23-16)21-14-6-3-12(18)4-7-14/h2-10H,1H3,(H2,20,21,22,23). The van der Waals surface area contributed by atoms with E-state index in [4.69, 9.17) is 11.6 Å². The number of nitrogens with one attached hydrogen (secondary N) is 2. The van der Waals surface area contributed by atoms with Gasteiger partial charge in [-0.15, -0.1) is 0 Å². The summed E-state index contributed by atoms with van der Waals surface area (Å²) in [5.74, 6) is 1.22. The number of aryl methyl sites for hydroxylation is 1. The molecule has 4 nitrogen and oxygen atoms in total. The molecule has 3 aromatic rings. The van der Waals surface area contributed by atoms with Crippen LogP contribution in [-0.2, 0) is 0 Å². The largest absolute Gasteiger partial charge is 0.340 e. The average Bonchev–Trinajstić information content (AvgIpc) is 2.54. The van der Waals surface area contributed by atoms with E-state index < -0.39 is 0 Å². The molecular weight excluding hydrogens is 376 g/mol. The smallest absolute Gasteiger partial charge is 0.229 e. The molecule has 2 aromatic carbocycles. The molecule has 0 aliphatic carbocycles. The number of benzene rings is 2. The maximum atomic E-state index is 6.05. The molecule has 0 bridgehead atoms. The van der Waals surface area contributed by atoms with E-state index in [0.29, 0.717) is 16.8 Å². The van der Waals surface area contributed by atoms with Crippen LogP contribution in [0.3, 0.4) is 0 Å². The molecule has 1 heterocycles. The quantitative estimate of drug-likeness (QED) is 0.602. The first-order valence-electron chi connectivity index (χ1n) is 6.99. The first kappa shape index (κ1) is 15.8. The minimum Gasteiger partial charge on any atom is -0.340 e. The summed E-state index contributed by atoms with van der Waals surface area (Å²) in [6.45, 7) is 2.01. The molecule has 0 saturated carbocycles. The Labute approximate surface area is 148 Å². The molecule has 116 valence electrons. The Balaban J connectivity index is 1.79. The van der Waals surface area contributed by atoms with Crippen molar-refractivity contribution in [3.05, 3.63) is 69.8 Å². The first-order valence-corrected chi connectivity index (χ1v) is 8.16. The minimum atomic E-state index is 0.525. The van der Waals surface area contributed by atoms with Crippen molar-refractivity contribution in [2.45, 2.75) is 6.92 Å². The van der Waals surface area contributed by atoms with Crippen LogP contribution in [-0.4, -0.2) is 9.97 Å². The molecule has 23 heavy (non-hydrogen) atoms. The zero-order valence-corrected chi connectivity index (χ0v) is 14.7. The van der Waals surface area contributed by atoms with Crippen molar-refractivity contribution in [1.82, 2.24) is 9.97 Å². The van der Waals surface area contributed by atoms with Crippen LogP contribution in [0.25, 0.3) is 0 Å². The van der Waals surface area contributed by atoms with Crippen molar-refractivity contribution in [3.8, 4) is 0 Å². The van der Waals surface area contributed by atoms with Crippen LogP contribution in [0.5, 0.6) is 0 Å². The summed E-state index contributed by atoms with van der Waals surface area (Å²) in [5.41, 5.74) is 2.94. The van der Waals surface area contributed by atoms with Crippen molar-refractivity contribution < 1.29 is 0 Å². The third-order valence-corrected chi connectivity index (χ3v) is 3.98. The van der Waals surface area contributed by atoms with Gasteiger partial charge in [-0.3, -0.25) is 0 Å². The van der Waals surface area contributed by atoms with Crippen LogP contribution in [0.2, 0.25) is 5.02 Å². The Hall–Kier alpha value is -2.11. The highest BCUT2D eigenvalue weighted by Crippen LogP contribution is 2.24. The van der Waals surface area contributed by atoms with E-state index in [2.05, 4.69) is 36.5 Å². The SMILES string of the molecule is Cc1ccc(Cl)cc1Nc1ccnc(Nc2ccc(Br)cc2)n1. The fraction of sp³-hybridized carbons (Fsp3) is 0.0588. The summed E-state index contributed by atoms with van der Waals surface area (Å²) in [6, 6.07) is 15.3. The second kappa shape index (κ2) is 6.98. The third kappa shape index (κ3) is 4.21. The van der Waals surface area contributed by atoms with Crippen molar-refractivity contribution >= 4 is 50.7 Å². The second-order valence-electron chi connectivity index (χ2n) is 4.98. The molecule has 3 rings (SSSR count). The molecule has 0 unspecified atom stereocenters. The number of anilines is 4. The van der Waals surface area contributed by atoms with Gasteiger partial charge in [-0.1, -0.05) is 33.6 Å². The number of halogens is 2. The van der Waals surface area contributed by atoms with Gasteiger partial charge in [0.1, 0.15) is 5.82 Å². The van der Waals surface area contributed by atoms with Gasteiger partial charge < -0.3 is 10.6 Å². The summed E-state index contributed by atoms with van der Waals surface area (Å²) in [5, 5.41) is 7.12. The van der Waals surface area contributed by atoms with E-state index in [1.807, 2.05) is 55.5 Å². The molecule has 0 spiro atoms. The highest BCUT2D eigenvalue weighted by molar-refractivity contribution is 9.10. The number of hydrogen-bond donors (Lipinski definition) is 2. The van der Waals surface area contributed by atoms with E-state index >= 15 is 0 Å². The fourth-order valence-electron chi connectivity index (χ4n) is 2.02. The lowest BCUT2D eigenvalue weighted by Crippen LogP contribution is -2.01. The molecule has 0 saturated heterocycles. The van der Waals surface area contributed by atoms with E-state index in [0.717, 1.165) is 21.4 Å². The first-order chi connectivity index (χ1) is 11.1. The lowest BCUT2D eigenvalue weighted by atomic mass is 10.2. The molecule has 0 aliphatic heterocycles. The van der Waals surface area contributed by atoms with Crippen LogP contribution < -0.4 is 10.6 Å². The highest BCUT2D eigenvalue weighted by Gasteiger charge is 2.04. The zero-order valence-electron chi connectivity index (χ0n) is 12.3. The number of nitrogens with zero attached hydrogens (tertiary/aromatic N) is 2. The van der Waals surface area contributed by atoms with Crippen LogP contribution in [0.15, 0.2) is 59.2 Å². The van der Waals surface area contributed by atoms with Gasteiger partial charge in [0.15, 0.2) is 0 Å². The molecule has 0 atom stereocenters. The van der Waals surface area contributed by atoms with Crippen molar-refractivity contribution in [1.29, 1.82) is 0 Å². The topological polar surface area (TPSA) is 49.8 Å². The van der Waals surface area contributed by atoms with Crippen LogP contribution >= 0.6 is 27.5 Å². The van der Waals surface area contributed by atoms with Crippen LogP contribution in [0.4, 0.5) is 23.1 Å². The maximum Gasteiger partial charge on any atom is 0.229 e. The van der Waals surface area contributed by atoms with Gasteiger partial charge in [0.05, 0.1) is 0 Å². The molecule has 0 fully saturated rings. The lowest BCUT2D eigenvalue weighted by molar-refractivity contribution is 1.16. The Bertz CT molecular complexity index is 821. The third-order valence-electron chi connectivity index (χ3n) is 3.22. The Morgan fingerprint density at radius 1 is 1.00 bits per heavy atom. The number of aromatic nitrogens is 2. The summed E-state index contributed by atoms with van der Waals surface area (Å²) in [7, 11) is 0. The summed E-state index contributed by atoms with van der Waals surface area (Å²) in [4.78, 5) is 8.71. The molecule has 0 amide bonds. The van der Waals surface area contributed by atoms with Crippen molar-refractivity contribution in [3.63, 3.8) is 0 Å². The van der Waals surface area contributed by atoms with E-state index in [-0.39, 0.29) is 0 Å². The average molecular weight is 390 g/mol. The van der Waals surface area contributed by atoms with Gasteiger partial charge in [0.2, 0.25) is 5.95 Å². The van der Waals surface area contributed by atoms with Gasteiger partial charge in [-0.25, -0.2) is 4.98 Å². The van der Waals surface area contributed by atoms with Crippen LogP contribution in [0.1, 0.15) is 5.56 Å². The monoisotopic (exact) mass is 388 g/mol. The second-order valence-corrected chi connectivity index (χ2v) is 6.33. The van der Waals surface area contributed by atoms with Gasteiger partial charge in [-0.05, 0) is 55.0 Å². The Morgan fingerprint density at radius 3 is 2.57 bits per heavy atom. The van der Waals surface area contributed by atoms with Crippen LogP contribution in [0, 0.1) is 6.92 Å². The van der Waals surface area contributed by atoms with E-state index in [1.54, 1.807) is 6.20 Å². The summed E-state index contributed by atoms with van der Waals surface area (Å²) in [6.07, 6.45) is 1.70. The predicted molar refractivity (Wildman–Crippen MR) is 98.9 cm³/mol. The molecule has 2 N–H and O–H groups in total. The van der Waals surface area contributed by atoms with E-state index in [1.165, 1.54) is 0 Å². The number of hydrogen-bond acceptors (Lipinski definition) is 4. The van der Waals surface area contributed by atoms with Crippen molar-refractivity contribution in [2.24, 2.45) is 0 Å². The van der Waals surface area contributed by atoms with Gasteiger partial charge >= 0.3 is 0 Å². The molecule has 0 aliphatic rings. The zero-order chi connectivity index (χ0) is 16.2. The highest BCUT2D eigenvalue weighted by atomic mass is 79.9. The molecular formula is C17H14BrClN4. The molecule has 1 aromatic heterocycles. The normalized spacial score (nSPS) is 10.4. The Kier molecular flexibility index (Phi) is 4.79. The van der Waals surface area contributed by atoms with Crippen molar-refractivity contribution in [2.75, 3.05) is 10.6 Å². The molecule has 6 heteroatoms. The maximum absolute atomic E-state index is 6.05.